The van der Waals surface area contributed by atoms with Gasteiger partial charge in [0, 0.05) is 0 Å². The van der Waals surface area contributed by atoms with E-state index >= 15 is 0 Å². The molecule has 0 radical (unpaired) electrons. The Morgan fingerprint density at radius 2 is 1.94 bits per heavy atom. The predicted octanol–water partition coefficient (Wildman–Crippen LogP) is 1.62. The SMILES string of the molecule is CC(C)(C)OC(=O)C1C(C2CCOC2=O)=CS[C@@H]2[C@H](NC(=O)COc3ccccc3)C(=O)N12. The second kappa shape index (κ2) is 9.09. The van der Waals surface area contributed by atoms with Crippen LogP contribution in [0.2, 0.25) is 0 Å². The minimum atomic E-state index is -1.03. The number of fused-ring (bicyclic) bond motifs is 1. The monoisotopic (exact) mass is 474 g/mol. The van der Waals surface area contributed by atoms with Gasteiger partial charge in [0.1, 0.15) is 22.8 Å². The molecule has 4 atom stereocenters. The molecule has 9 nitrogen and oxygen atoms in total. The summed E-state index contributed by atoms with van der Waals surface area (Å²) >= 11 is 1.29. The van der Waals surface area contributed by atoms with Crippen LogP contribution in [0.15, 0.2) is 41.3 Å². The van der Waals surface area contributed by atoms with Crippen LogP contribution in [0.4, 0.5) is 0 Å². The number of benzene rings is 1. The Kier molecular flexibility index (Phi) is 6.38. The van der Waals surface area contributed by atoms with E-state index in [1.165, 1.54) is 16.7 Å². The molecule has 176 valence electrons. The quantitative estimate of drug-likeness (QED) is 0.489. The molecule has 4 rings (SSSR count). The number of hydrogen-bond acceptors (Lipinski definition) is 8. The highest BCUT2D eigenvalue weighted by Gasteiger charge is 2.58. The molecule has 0 aromatic heterocycles. The third kappa shape index (κ3) is 4.85. The van der Waals surface area contributed by atoms with E-state index in [1.807, 2.05) is 6.07 Å². The van der Waals surface area contributed by atoms with Gasteiger partial charge in [0.25, 0.3) is 5.91 Å². The van der Waals surface area contributed by atoms with Crippen LogP contribution < -0.4 is 10.1 Å². The summed E-state index contributed by atoms with van der Waals surface area (Å²) in [5.41, 5.74) is -0.270. The molecule has 3 aliphatic rings. The third-order valence-electron chi connectivity index (χ3n) is 5.41. The predicted molar refractivity (Wildman–Crippen MR) is 119 cm³/mol. The number of ether oxygens (including phenoxy) is 3. The van der Waals surface area contributed by atoms with E-state index in [9.17, 15) is 19.2 Å². The maximum atomic E-state index is 13.1. The molecule has 3 aliphatic heterocycles. The number of β-lactam (4-membered cyclic amide) rings is 1. The average Bonchev–Trinajstić information content (AvgIpc) is 3.20. The smallest absolute Gasteiger partial charge is 0.333 e. The van der Waals surface area contributed by atoms with E-state index in [2.05, 4.69) is 5.32 Å². The van der Waals surface area contributed by atoms with Crippen LogP contribution in [-0.4, -0.2) is 64.9 Å². The number of hydrogen-bond donors (Lipinski definition) is 1. The number of nitrogens with zero attached hydrogens (tertiary/aromatic N) is 1. The van der Waals surface area contributed by atoms with Crippen molar-refractivity contribution in [1.82, 2.24) is 10.2 Å². The highest BCUT2D eigenvalue weighted by atomic mass is 32.2. The van der Waals surface area contributed by atoms with Crippen LogP contribution in [0.1, 0.15) is 27.2 Å². The fourth-order valence-corrected chi connectivity index (χ4v) is 5.26. The van der Waals surface area contributed by atoms with Crippen molar-refractivity contribution in [3.63, 3.8) is 0 Å². The lowest BCUT2D eigenvalue weighted by Gasteiger charge is -2.52. The summed E-state index contributed by atoms with van der Waals surface area (Å²) in [5, 5.41) is 3.93. The van der Waals surface area contributed by atoms with Crippen LogP contribution >= 0.6 is 11.8 Å². The summed E-state index contributed by atoms with van der Waals surface area (Å²) in [5.74, 6) is -1.93. The highest BCUT2D eigenvalue weighted by molar-refractivity contribution is 8.03. The summed E-state index contributed by atoms with van der Waals surface area (Å²) in [7, 11) is 0. The van der Waals surface area contributed by atoms with Gasteiger partial charge in [-0.3, -0.25) is 14.4 Å². The Labute approximate surface area is 195 Å². The van der Waals surface area contributed by atoms with E-state index in [0.717, 1.165) is 0 Å². The van der Waals surface area contributed by atoms with E-state index in [-0.39, 0.29) is 13.2 Å². The van der Waals surface area contributed by atoms with Crippen LogP contribution in [0.3, 0.4) is 0 Å². The normalized spacial score (nSPS) is 26.5. The fraction of sp³-hybridized carbons (Fsp3) is 0.478. The lowest BCUT2D eigenvalue weighted by Crippen LogP contribution is -2.74. The Morgan fingerprint density at radius 1 is 1.21 bits per heavy atom. The summed E-state index contributed by atoms with van der Waals surface area (Å²) < 4.78 is 16.1. The van der Waals surface area contributed by atoms with Crippen molar-refractivity contribution in [2.24, 2.45) is 5.92 Å². The number of esters is 2. The van der Waals surface area contributed by atoms with Gasteiger partial charge in [0.05, 0.1) is 12.5 Å². The van der Waals surface area contributed by atoms with Crippen molar-refractivity contribution in [2.75, 3.05) is 13.2 Å². The molecule has 2 saturated heterocycles. The van der Waals surface area contributed by atoms with Gasteiger partial charge in [-0.15, -0.1) is 11.8 Å². The highest BCUT2D eigenvalue weighted by Crippen LogP contribution is 2.44. The molecule has 1 aromatic rings. The lowest BCUT2D eigenvalue weighted by atomic mass is 9.88. The maximum absolute atomic E-state index is 13.1. The van der Waals surface area contributed by atoms with Gasteiger partial charge >= 0.3 is 11.9 Å². The minimum Gasteiger partial charge on any atom is -0.484 e. The molecule has 1 aromatic carbocycles. The first-order valence-corrected chi connectivity index (χ1v) is 11.6. The number of amides is 2. The number of carbonyl (C=O) groups excluding carboxylic acids is 4. The second-order valence-corrected chi connectivity index (χ2v) is 9.97. The lowest BCUT2D eigenvalue weighted by molar-refractivity contribution is -0.170. The van der Waals surface area contributed by atoms with Gasteiger partial charge in [0.15, 0.2) is 12.6 Å². The Bertz CT molecular complexity index is 988. The Morgan fingerprint density at radius 3 is 2.58 bits per heavy atom. The Hall–Kier alpha value is -3.01. The van der Waals surface area contributed by atoms with Gasteiger partial charge in [0.2, 0.25) is 5.91 Å². The summed E-state index contributed by atoms with van der Waals surface area (Å²) in [6, 6.07) is 7.04. The molecule has 2 fully saturated rings. The van der Waals surface area contributed by atoms with Gasteiger partial charge in [-0.05, 0) is 50.3 Å². The number of carbonyl (C=O) groups is 4. The number of nitrogens with one attached hydrogen (secondary N) is 1. The molecule has 0 bridgehead atoms. The first-order chi connectivity index (χ1) is 15.7. The zero-order valence-electron chi connectivity index (χ0n) is 18.6. The van der Waals surface area contributed by atoms with Gasteiger partial charge in [-0.1, -0.05) is 18.2 Å². The second-order valence-electron chi connectivity index (χ2n) is 8.98. The molecule has 0 aliphatic carbocycles. The first kappa shape index (κ1) is 23.2. The Balaban J connectivity index is 1.48. The van der Waals surface area contributed by atoms with Crippen molar-refractivity contribution >= 4 is 35.5 Å². The van der Waals surface area contributed by atoms with Crippen LogP contribution in [-0.2, 0) is 28.7 Å². The van der Waals surface area contributed by atoms with Crippen LogP contribution in [0, 0.1) is 5.92 Å². The van der Waals surface area contributed by atoms with Crippen molar-refractivity contribution in [2.45, 2.75) is 50.3 Å². The van der Waals surface area contributed by atoms with Crippen LogP contribution in [0.25, 0.3) is 0 Å². The van der Waals surface area contributed by atoms with Gasteiger partial charge < -0.3 is 24.4 Å². The number of thioether (sulfide) groups is 1. The molecule has 0 spiro atoms. The molecular weight excluding hydrogens is 448 g/mol. The van der Waals surface area contributed by atoms with Crippen molar-refractivity contribution in [3.05, 3.63) is 41.3 Å². The van der Waals surface area contributed by atoms with E-state index < -0.39 is 52.7 Å². The first-order valence-electron chi connectivity index (χ1n) is 10.7. The standard InChI is InChI=1S/C23H26N2O7S/c1-23(2,3)32-22(29)18-15(14-9-10-30-21(14)28)12-33-20-17(19(27)25(18)20)24-16(26)11-31-13-7-5-4-6-8-13/h4-8,12,14,17-18,20H,9-11H2,1-3H3,(H,24,26)/t14?,17-,18?,20-/m1/s1. The molecular formula is C23H26N2O7S. The molecule has 33 heavy (non-hydrogen) atoms. The van der Waals surface area contributed by atoms with Crippen LogP contribution in [0.5, 0.6) is 5.75 Å². The minimum absolute atomic E-state index is 0.240. The zero-order valence-corrected chi connectivity index (χ0v) is 19.4. The van der Waals surface area contributed by atoms with E-state index in [1.54, 1.807) is 50.4 Å². The van der Waals surface area contributed by atoms with E-state index in [0.29, 0.717) is 17.7 Å². The summed E-state index contributed by atoms with van der Waals surface area (Å²) in [6.45, 7) is 5.24. The number of cyclic esters (lactones) is 1. The third-order valence-corrected chi connectivity index (χ3v) is 6.60. The average molecular weight is 475 g/mol. The number of para-hydroxylation sites is 1. The van der Waals surface area contributed by atoms with Gasteiger partial charge in [-0.2, -0.15) is 0 Å². The largest absolute Gasteiger partial charge is 0.484 e. The molecule has 2 unspecified atom stereocenters. The fourth-order valence-electron chi connectivity index (χ4n) is 3.97. The molecule has 10 heteroatoms. The zero-order chi connectivity index (χ0) is 23.8. The summed E-state index contributed by atoms with van der Waals surface area (Å²) in [4.78, 5) is 52.1. The molecule has 2 amide bonds. The summed E-state index contributed by atoms with van der Waals surface area (Å²) in [6.07, 6.45) is 0.439. The molecule has 3 heterocycles. The molecule has 1 N–H and O–H groups in total. The van der Waals surface area contributed by atoms with Crippen molar-refractivity contribution in [3.8, 4) is 5.75 Å². The topological polar surface area (TPSA) is 111 Å². The maximum Gasteiger partial charge on any atom is 0.333 e. The van der Waals surface area contributed by atoms with Crippen molar-refractivity contribution < 1.29 is 33.4 Å². The number of rotatable bonds is 6. The van der Waals surface area contributed by atoms with E-state index in [4.69, 9.17) is 14.2 Å². The molecule has 0 saturated carbocycles. The van der Waals surface area contributed by atoms with Gasteiger partial charge in [-0.25, -0.2) is 4.79 Å². The van der Waals surface area contributed by atoms with Crippen molar-refractivity contribution in [1.29, 1.82) is 0 Å².